The summed E-state index contributed by atoms with van der Waals surface area (Å²) >= 11 is 0. The van der Waals surface area contributed by atoms with E-state index in [2.05, 4.69) is 4.98 Å². The Balaban J connectivity index is 2.57. The molecule has 0 unspecified atom stereocenters. The van der Waals surface area contributed by atoms with Crippen LogP contribution in [-0.4, -0.2) is 9.55 Å². The first-order chi connectivity index (χ1) is 5.30. The average molecular weight is 148 g/mol. The molecule has 0 atom stereocenters. The molecule has 0 radical (unpaired) electrons. The molecule has 0 saturated carbocycles. The molecule has 54 valence electrons. The minimum atomic E-state index is -0.483. The highest BCUT2D eigenvalue weighted by Gasteiger charge is 2.17. The Bertz CT molecular complexity index is 412. The van der Waals surface area contributed by atoms with Gasteiger partial charge in [-0.25, -0.2) is 9.55 Å². The van der Waals surface area contributed by atoms with E-state index in [0.717, 1.165) is 4.57 Å². The lowest BCUT2D eigenvalue weighted by atomic mass is 10.5. The van der Waals surface area contributed by atoms with Gasteiger partial charge in [-0.2, -0.15) is 0 Å². The molecule has 11 heavy (non-hydrogen) atoms. The molecule has 0 spiro atoms. The van der Waals surface area contributed by atoms with Crippen molar-refractivity contribution in [2.24, 2.45) is 0 Å². The zero-order valence-corrected chi connectivity index (χ0v) is 5.52. The number of rotatable bonds is 1. The summed E-state index contributed by atoms with van der Waals surface area (Å²) in [5, 5.41) is 0. The number of nitrogens with zero attached hydrogens (tertiary/aromatic N) is 2. The van der Waals surface area contributed by atoms with Crippen LogP contribution >= 0.6 is 0 Å². The molecule has 0 bridgehead atoms. The lowest BCUT2D eigenvalue weighted by Gasteiger charge is -1.87. The van der Waals surface area contributed by atoms with Gasteiger partial charge in [-0.15, -0.1) is 0 Å². The predicted octanol–water partition coefficient (Wildman–Crippen LogP) is -0.532. The molecule has 0 amide bonds. The SMILES string of the molecule is O=c1c(=O)n1-c1ccccn1. The van der Waals surface area contributed by atoms with Crippen LogP contribution in [0.4, 0.5) is 0 Å². The molecular formula is C7H4N2O2. The zero-order valence-electron chi connectivity index (χ0n) is 5.52. The standard InChI is InChI=1S/C7H4N2O2/c10-6-7(11)9(6)5-3-1-2-4-8-5/h1-4H. The van der Waals surface area contributed by atoms with Crippen LogP contribution in [0.3, 0.4) is 0 Å². The van der Waals surface area contributed by atoms with E-state index in [0.29, 0.717) is 5.82 Å². The van der Waals surface area contributed by atoms with Gasteiger partial charge in [-0.3, -0.25) is 9.59 Å². The zero-order chi connectivity index (χ0) is 7.84. The van der Waals surface area contributed by atoms with Gasteiger partial charge in [0, 0.05) is 6.20 Å². The maximum Gasteiger partial charge on any atom is 0.325 e. The van der Waals surface area contributed by atoms with E-state index >= 15 is 0 Å². The van der Waals surface area contributed by atoms with Gasteiger partial charge in [-0.1, -0.05) is 6.07 Å². The summed E-state index contributed by atoms with van der Waals surface area (Å²) < 4.78 is 1.03. The van der Waals surface area contributed by atoms with Crippen LogP contribution in [0, 0.1) is 0 Å². The summed E-state index contributed by atoms with van der Waals surface area (Å²) in [4.78, 5) is 24.9. The van der Waals surface area contributed by atoms with Gasteiger partial charge in [0.1, 0.15) is 5.82 Å². The highest BCUT2D eigenvalue weighted by molar-refractivity contribution is 5.24. The summed E-state index contributed by atoms with van der Waals surface area (Å²) in [5.74, 6) is 0.405. The Kier molecular flexibility index (Phi) is 1.03. The normalized spacial score (nSPS) is 10.5. The van der Waals surface area contributed by atoms with Crippen LogP contribution in [0.1, 0.15) is 0 Å². The molecule has 2 aromatic heterocycles. The van der Waals surface area contributed by atoms with E-state index in [9.17, 15) is 9.59 Å². The number of hydrogen-bond donors (Lipinski definition) is 0. The predicted molar refractivity (Wildman–Crippen MR) is 38.5 cm³/mol. The number of aromatic nitrogens is 2. The topological polar surface area (TPSA) is 52.0 Å². The second-order valence-electron chi connectivity index (χ2n) is 2.13. The van der Waals surface area contributed by atoms with Crippen molar-refractivity contribution in [2.45, 2.75) is 0 Å². The van der Waals surface area contributed by atoms with Crippen LogP contribution in [0.25, 0.3) is 5.82 Å². The summed E-state index contributed by atoms with van der Waals surface area (Å²) in [6.45, 7) is 0. The molecular weight excluding hydrogens is 144 g/mol. The quantitative estimate of drug-likeness (QED) is 0.511. The van der Waals surface area contributed by atoms with E-state index in [1.54, 1.807) is 18.2 Å². The Morgan fingerprint density at radius 1 is 1.18 bits per heavy atom. The number of hydrogen-bond acceptors (Lipinski definition) is 3. The van der Waals surface area contributed by atoms with Gasteiger partial charge in [0.25, 0.3) is 0 Å². The van der Waals surface area contributed by atoms with Crippen LogP contribution in [0.5, 0.6) is 0 Å². The van der Waals surface area contributed by atoms with E-state index < -0.39 is 11.1 Å². The van der Waals surface area contributed by atoms with Crippen molar-refractivity contribution in [2.75, 3.05) is 0 Å². The van der Waals surface area contributed by atoms with Crippen LogP contribution in [0.15, 0.2) is 34.0 Å². The third-order valence-corrected chi connectivity index (χ3v) is 1.42. The molecule has 2 rings (SSSR count). The monoisotopic (exact) mass is 148 g/mol. The van der Waals surface area contributed by atoms with Gasteiger partial charge in [0.2, 0.25) is 0 Å². The van der Waals surface area contributed by atoms with Crippen molar-refractivity contribution in [3.05, 3.63) is 45.1 Å². The number of pyridine rings is 1. The molecule has 0 fully saturated rings. The third-order valence-electron chi connectivity index (χ3n) is 1.42. The van der Waals surface area contributed by atoms with E-state index in [1.807, 2.05) is 0 Å². The second-order valence-corrected chi connectivity index (χ2v) is 2.13. The summed E-state index contributed by atoms with van der Waals surface area (Å²) in [6, 6.07) is 5.06. The molecule has 0 aliphatic heterocycles. The highest BCUT2D eigenvalue weighted by atomic mass is 16.2. The van der Waals surface area contributed by atoms with Crippen molar-refractivity contribution < 1.29 is 0 Å². The van der Waals surface area contributed by atoms with Crippen molar-refractivity contribution >= 4 is 0 Å². The smallest absolute Gasteiger partial charge is 0.262 e. The van der Waals surface area contributed by atoms with Crippen molar-refractivity contribution in [1.29, 1.82) is 0 Å². The molecule has 0 aliphatic carbocycles. The molecule has 0 aromatic carbocycles. The average Bonchev–Trinajstić information content (AvgIpc) is 2.62. The van der Waals surface area contributed by atoms with Crippen LogP contribution < -0.4 is 11.1 Å². The van der Waals surface area contributed by atoms with E-state index in [1.165, 1.54) is 6.20 Å². The molecule has 0 saturated heterocycles. The molecule has 4 nitrogen and oxygen atoms in total. The van der Waals surface area contributed by atoms with Gasteiger partial charge < -0.3 is 0 Å². The highest BCUT2D eigenvalue weighted by Crippen LogP contribution is 1.95. The van der Waals surface area contributed by atoms with Crippen molar-refractivity contribution in [3.8, 4) is 5.82 Å². The third kappa shape index (κ3) is 0.797. The van der Waals surface area contributed by atoms with E-state index in [-0.39, 0.29) is 0 Å². The first kappa shape index (κ1) is 6.03. The van der Waals surface area contributed by atoms with Gasteiger partial charge in [-0.05, 0) is 12.1 Å². The van der Waals surface area contributed by atoms with Gasteiger partial charge >= 0.3 is 11.1 Å². The fraction of sp³-hybridized carbons (Fsp3) is 0. The Morgan fingerprint density at radius 2 is 1.91 bits per heavy atom. The lowest BCUT2D eigenvalue weighted by Crippen LogP contribution is -1.93. The summed E-state index contributed by atoms with van der Waals surface area (Å²) in [6.07, 6.45) is 1.54. The van der Waals surface area contributed by atoms with Crippen molar-refractivity contribution in [3.63, 3.8) is 0 Å². The largest absolute Gasteiger partial charge is 0.325 e. The van der Waals surface area contributed by atoms with Crippen LogP contribution in [-0.2, 0) is 0 Å². The molecule has 2 heterocycles. The minimum absolute atomic E-state index is 0.405. The molecule has 0 aliphatic rings. The van der Waals surface area contributed by atoms with Gasteiger partial charge in [0.05, 0.1) is 0 Å². The fourth-order valence-corrected chi connectivity index (χ4v) is 0.829. The lowest BCUT2D eigenvalue weighted by molar-refractivity contribution is 1.07. The minimum Gasteiger partial charge on any atom is -0.262 e. The Morgan fingerprint density at radius 3 is 2.36 bits per heavy atom. The maximum absolute atomic E-state index is 10.6. The van der Waals surface area contributed by atoms with E-state index in [4.69, 9.17) is 0 Å². The first-order valence-corrected chi connectivity index (χ1v) is 3.10. The maximum atomic E-state index is 10.6. The molecule has 0 N–H and O–H groups in total. The van der Waals surface area contributed by atoms with Gasteiger partial charge in [0.15, 0.2) is 0 Å². The fourth-order valence-electron chi connectivity index (χ4n) is 0.829. The first-order valence-electron chi connectivity index (χ1n) is 3.10. The summed E-state index contributed by atoms with van der Waals surface area (Å²) in [5.41, 5.74) is -0.965. The summed E-state index contributed by atoms with van der Waals surface area (Å²) in [7, 11) is 0. The molecule has 4 heteroatoms. The van der Waals surface area contributed by atoms with Crippen molar-refractivity contribution in [1.82, 2.24) is 9.55 Å². The Hall–Kier alpha value is -1.71. The second kappa shape index (κ2) is 1.88. The van der Waals surface area contributed by atoms with Crippen LogP contribution in [0.2, 0.25) is 0 Å². The molecule has 2 aromatic rings. The Labute approximate surface area is 61.4 Å².